The van der Waals surface area contributed by atoms with Gasteiger partial charge in [-0.05, 0) is 54.7 Å². The average molecular weight is 344 g/mol. The van der Waals surface area contributed by atoms with Crippen LogP contribution in [0.5, 0.6) is 0 Å². The number of hydrogen-bond acceptors (Lipinski definition) is 4. The number of rotatable bonds is 1. The van der Waals surface area contributed by atoms with Crippen LogP contribution in [0.3, 0.4) is 0 Å². The van der Waals surface area contributed by atoms with Gasteiger partial charge in [0.25, 0.3) is 11.2 Å². The van der Waals surface area contributed by atoms with E-state index < -0.39 is 0 Å². The fraction of sp³-hybridized carbons (Fsp3) is 0. The van der Waals surface area contributed by atoms with Crippen molar-refractivity contribution in [2.75, 3.05) is 0 Å². The fourth-order valence-electron chi connectivity index (χ4n) is 0.801. The van der Waals surface area contributed by atoms with Gasteiger partial charge in [-0.15, -0.1) is 11.3 Å². The summed E-state index contributed by atoms with van der Waals surface area (Å²) in [5.74, 6) is 0.416. The maximum Gasteiger partial charge on any atom is 0.264 e. The molecule has 0 radical (unpaired) electrons. The summed E-state index contributed by atoms with van der Waals surface area (Å²) in [6.45, 7) is 0. The van der Waals surface area contributed by atoms with Crippen molar-refractivity contribution < 1.29 is 4.52 Å². The van der Waals surface area contributed by atoms with Gasteiger partial charge in [0.1, 0.15) is 0 Å². The molecular weight excluding hydrogens is 343 g/mol. The van der Waals surface area contributed by atoms with Crippen molar-refractivity contribution in [3.63, 3.8) is 0 Å². The highest BCUT2D eigenvalue weighted by Gasteiger charge is 2.13. The van der Waals surface area contributed by atoms with Crippen LogP contribution in [0.1, 0.15) is 0 Å². The Kier molecular flexibility index (Phi) is 2.73. The van der Waals surface area contributed by atoms with Crippen LogP contribution >= 0.6 is 54.8 Å². The second-order valence-corrected chi connectivity index (χ2v) is 6.19. The van der Waals surface area contributed by atoms with Gasteiger partial charge in [-0.3, -0.25) is 0 Å². The molecule has 13 heavy (non-hydrogen) atoms. The minimum Gasteiger partial charge on any atom is -0.333 e. The normalized spacial score (nSPS) is 10.7. The Labute approximate surface area is 99.4 Å². The van der Waals surface area contributed by atoms with E-state index in [0.29, 0.717) is 5.89 Å². The molecule has 0 fully saturated rings. The van der Waals surface area contributed by atoms with Crippen molar-refractivity contribution in [3.8, 4) is 11.5 Å². The molecular formula is C6HBr2ClN2OS. The van der Waals surface area contributed by atoms with Crippen molar-refractivity contribution in [2.24, 2.45) is 0 Å². The van der Waals surface area contributed by atoms with Crippen LogP contribution in [0.15, 0.2) is 18.2 Å². The number of aromatic nitrogens is 2. The Hall–Kier alpha value is 0.0900. The summed E-state index contributed by atoms with van der Waals surface area (Å²) in [5, 5.41) is 3.61. The van der Waals surface area contributed by atoms with Gasteiger partial charge in [-0.25, -0.2) is 0 Å². The maximum absolute atomic E-state index is 5.53. The molecule has 0 aliphatic heterocycles. The number of halogens is 3. The SMILES string of the molecule is Clc1noc(-c2cc(Br)sc2Br)n1. The quantitative estimate of drug-likeness (QED) is 0.785. The molecule has 68 valence electrons. The Morgan fingerprint density at radius 2 is 2.23 bits per heavy atom. The fourth-order valence-corrected chi connectivity index (χ4v) is 3.69. The van der Waals surface area contributed by atoms with E-state index in [0.717, 1.165) is 13.1 Å². The molecule has 0 bridgehead atoms. The highest BCUT2D eigenvalue weighted by Crippen LogP contribution is 2.37. The molecule has 0 aliphatic carbocycles. The second kappa shape index (κ2) is 3.68. The summed E-state index contributed by atoms with van der Waals surface area (Å²) >= 11 is 13.8. The van der Waals surface area contributed by atoms with Crippen LogP contribution in [-0.2, 0) is 0 Å². The number of hydrogen-bond donors (Lipinski definition) is 0. The third-order valence-corrected chi connectivity index (χ3v) is 3.78. The third kappa shape index (κ3) is 1.96. The lowest BCUT2D eigenvalue weighted by atomic mass is 10.3. The van der Waals surface area contributed by atoms with E-state index in [2.05, 4.69) is 42.0 Å². The predicted octanol–water partition coefficient (Wildman–Crippen LogP) is 3.98. The lowest BCUT2D eigenvalue weighted by molar-refractivity contribution is 0.430. The van der Waals surface area contributed by atoms with Crippen molar-refractivity contribution in [1.29, 1.82) is 0 Å². The van der Waals surface area contributed by atoms with Crippen molar-refractivity contribution >= 4 is 54.8 Å². The molecule has 0 N–H and O–H groups in total. The zero-order chi connectivity index (χ0) is 9.42. The molecule has 0 aromatic carbocycles. The zero-order valence-electron chi connectivity index (χ0n) is 5.92. The first-order valence-corrected chi connectivity index (χ1v) is 5.89. The minimum atomic E-state index is 0.115. The largest absolute Gasteiger partial charge is 0.333 e. The first kappa shape index (κ1) is 9.64. The zero-order valence-corrected chi connectivity index (χ0v) is 10.7. The predicted molar refractivity (Wildman–Crippen MR) is 58.0 cm³/mol. The van der Waals surface area contributed by atoms with E-state index in [4.69, 9.17) is 16.1 Å². The summed E-state index contributed by atoms with van der Waals surface area (Å²) in [4.78, 5) is 3.90. The summed E-state index contributed by atoms with van der Waals surface area (Å²) in [6.07, 6.45) is 0. The molecule has 0 amide bonds. The molecule has 0 saturated heterocycles. The molecule has 7 heteroatoms. The van der Waals surface area contributed by atoms with Gasteiger partial charge in [0.15, 0.2) is 0 Å². The Balaban J connectivity index is 2.51. The molecule has 0 aliphatic rings. The van der Waals surface area contributed by atoms with Gasteiger partial charge >= 0.3 is 0 Å². The summed E-state index contributed by atoms with van der Waals surface area (Å²) in [7, 11) is 0. The molecule has 2 rings (SSSR count). The molecule has 0 saturated carbocycles. The summed E-state index contributed by atoms with van der Waals surface area (Å²) in [6, 6.07) is 1.89. The van der Waals surface area contributed by atoms with Crippen molar-refractivity contribution in [3.05, 3.63) is 18.9 Å². The van der Waals surface area contributed by atoms with Crippen molar-refractivity contribution in [1.82, 2.24) is 10.1 Å². The van der Waals surface area contributed by atoms with Gasteiger partial charge in [-0.2, -0.15) is 4.98 Å². The maximum atomic E-state index is 5.53. The molecule has 0 spiro atoms. The van der Waals surface area contributed by atoms with Gasteiger partial charge in [0, 0.05) is 0 Å². The standard InChI is InChI=1S/C6HBr2ClN2OS/c7-3-1-2(4(8)13-3)5-10-6(9)11-12-5/h1H. The molecule has 3 nitrogen and oxygen atoms in total. The van der Waals surface area contributed by atoms with Gasteiger partial charge in [-0.1, -0.05) is 0 Å². The van der Waals surface area contributed by atoms with E-state index in [-0.39, 0.29) is 5.28 Å². The topological polar surface area (TPSA) is 38.9 Å². The molecule has 0 atom stereocenters. The van der Waals surface area contributed by atoms with Crippen LogP contribution in [0.25, 0.3) is 11.5 Å². The molecule has 2 aromatic rings. The smallest absolute Gasteiger partial charge is 0.264 e. The monoisotopic (exact) mass is 342 g/mol. The Morgan fingerprint density at radius 3 is 2.69 bits per heavy atom. The number of nitrogens with zero attached hydrogens (tertiary/aromatic N) is 2. The second-order valence-electron chi connectivity index (χ2n) is 2.11. The first-order valence-electron chi connectivity index (χ1n) is 3.11. The van der Waals surface area contributed by atoms with E-state index in [1.165, 1.54) is 11.3 Å². The van der Waals surface area contributed by atoms with E-state index >= 15 is 0 Å². The van der Waals surface area contributed by atoms with Crippen LogP contribution < -0.4 is 0 Å². The highest BCUT2D eigenvalue weighted by molar-refractivity contribution is 9.12. The minimum absolute atomic E-state index is 0.115. The third-order valence-electron chi connectivity index (χ3n) is 1.29. The van der Waals surface area contributed by atoms with Crippen LogP contribution in [0.4, 0.5) is 0 Å². The molecule has 0 unspecified atom stereocenters. The number of thiophene rings is 1. The summed E-state index contributed by atoms with van der Waals surface area (Å²) in [5.41, 5.74) is 0.844. The van der Waals surface area contributed by atoms with Gasteiger partial charge in [0.2, 0.25) is 0 Å². The van der Waals surface area contributed by atoms with Crippen LogP contribution in [-0.4, -0.2) is 10.1 Å². The summed E-state index contributed by atoms with van der Waals surface area (Å²) < 4.78 is 6.83. The first-order chi connectivity index (χ1) is 6.16. The lowest BCUT2D eigenvalue weighted by Gasteiger charge is -1.86. The van der Waals surface area contributed by atoms with Crippen LogP contribution in [0.2, 0.25) is 5.28 Å². The molecule has 2 aromatic heterocycles. The van der Waals surface area contributed by atoms with E-state index in [1.807, 2.05) is 6.07 Å². The Bertz CT molecular complexity index is 442. The average Bonchev–Trinajstić information content (AvgIpc) is 2.58. The van der Waals surface area contributed by atoms with Gasteiger partial charge < -0.3 is 4.52 Å². The van der Waals surface area contributed by atoms with Crippen molar-refractivity contribution in [2.45, 2.75) is 0 Å². The highest BCUT2D eigenvalue weighted by atomic mass is 79.9. The van der Waals surface area contributed by atoms with E-state index in [9.17, 15) is 0 Å². The van der Waals surface area contributed by atoms with Gasteiger partial charge in [0.05, 0.1) is 13.1 Å². The lowest BCUT2D eigenvalue weighted by Crippen LogP contribution is -1.72. The Morgan fingerprint density at radius 1 is 1.46 bits per heavy atom. The van der Waals surface area contributed by atoms with Crippen LogP contribution in [0, 0.1) is 0 Å². The molecule has 2 heterocycles. The van der Waals surface area contributed by atoms with E-state index in [1.54, 1.807) is 0 Å².